The molecule has 0 spiro atoms. The third kappa shape index (κ3) is 9.91. The zero-order valence-corrected chi connectivity index (χ0v) is 31.1. The number of nitrogens with one attached hydrogen (secondary N) is 2. The molecule has 27 nitrogen and oxygen atoms in total. The topological polar surface area (TPSA) is 421 Å². The van der Waals surface area contributed by atoms with E-state index in [9.17, 15) is 74.1 Å². The molecule has 12 N–H and O–H groups in total. The number of aromatic amines is 1. The lowest BCUT2D eigenvalue weighted by Crippen LogP contribution is -2.64. The van der Waals surface area contributed by atoms with E-state index in [4.69, 9.17) is 24.3 Å². The van der Waals surface area contributed by atoms with E-state index in [2.05, 4.69) is 24.6 Å². The molecule has 0 aliphatic carbocycles. The highest BCUT2D eigenvalue weighted by molar-refractivity contribution is 8.76. The number of nitro benzene ring substituents is 1. The molecule has 2 saturated heterocycles. The second-order valence-corrected chi connectivity index (χ2v) is 17.0. The minimum absolute atomic E-state index is 0.157. The molecule has 2 fully saturated rings. The number of amides is 1. The molecule has 1 amide bonds. The predicted molar refractivity (Wildman–Crippen MR) is 184 cm³/mol. The minimum atomic E-state index is -5.82. The summed E-state index contributed by atoms with van der Waals surface area (Å²) in [5, 5.41) is 74.2. The van der Waals surface area contributed by atoms with E-state index < -0.39 is 123 Å². The van der Waals surface area contributed by atoms with Gasteiger partial charge in [0.1, 0.15) is 48.2 Å². The van der Waals surface area contributed by atoms with Crippen LogP contribution in [0.25, 0.3) is 11.2 Å². The van der Waals surface area contributed by atoms with Gasteiger partial charge in [-0.2, -0.15) is 9.29 Å². The van der Waals surface area contributed by atoms with Crippen molar-refractivity contribution < 1.29 is 86.9 Å². The summed E-state index contributed by atoms with van der Waals surface area (Å²) in [6.45, 7) is -2.07. The lowest BCUT2D eigenvalue weighted by atomic mass is 9.97. The molecule has 4 heterocycles. The number of H-pyrrole nitrogens is 1. The number of nitrogens with two attached hydrogens (primary N) is 1. The van der Waals surface area contributed by atoms with Crippen molar-refractivity contribution in [1.29, 1.82) is 0 Å². The number of carboxylic acid groups (broad SMARTS) is 1. The lowest BCUT2D eigenvalue weighted by molar-refractivity contribution is -0.385. The largest absolute Gasteiger partial charge is 0.483 e. The van der Waals surface area contributed by atoms with Crippen LogP contribution in [0.2, 0.25) is 0 Å². The first kappa shape index (κ1) is 43.5. The van der Waals surface area contributed by atoms with Crippen LogP contribution in [0.4, 0.5) is 11.6 Å². The Bertz CT molecular complexity index is 2130. The Morgan fingerprint density at radius 2 is 1.79 bits per heavy atom. The summed E-state index contributed by atoms with van der Waals surface area (Å²) in [5.41, 5.74) is 3.18. The van der Waals surface area contributed by atoms with Crippen LogP contribution in [0.15, 0.2) is 34.2 Å². The first-order valence-corrected chi connectivity index (χ1v) is 20.7. The van der Waals surface area contributed by atoms with E-state index in [1.807, 2.05) is 0 Å². The summed E-state index contributed by atoms with van der Waals surface area (Å²) in [4.78, 5) is 77.3. The molecule has 3 aromatic rings. The number of benzene rings is 1. The average Bonchev–Trinajstić information content (AvgIpc) is 3.65. The van der Waals surface area contributed by atoms with Crippen molar-refractivity contribution in [3.8, 4) is 0 Å². The Kier molecular flexibility index (Phi) is 13.6. The number of nitro groups is 1. The molecule has 0 radical (unpaired) electrons. The Labute approximate surface area is 318 Å². The van der Waals surface area contributed by atoms with Crippen LogP contribution in [-0.4, -0.2) is 145 Å². The van der Waals surface area contributed by atoms with Crippen molar-refractivity contribution in [2.45, 2.75) is 60.1 Å². The van der Waals surface area contributed by atoms with E-state index in [0.717, 1.165) is 44.6 Å². The normalized spacial score (nSPS) is 28.7. The summed E-state index contributed by atoms with van der Waals surface area (Å²) in [5.74, 6) is -3.33. The predicted octanol–water partition coefficient (Wildman–Crippen LogP) is -2.46. The van der Waals surface area contributed by atoms with E-state index in [0.29, 0.717) is 0 Å². The zero-order chi connectivity index (χ0) is 41.3. The van der Waals surface area contributed by atoms with Crippen molar-refractivity contribution >= 4 is 71.9 Å². The van der Waals surface area contributed by atoms with Gasteiger partial charge in [-0.05, 0) is 12.1 Å². The fraction of sp³-hybridized carbons (Fsp3) is 0.480. The molecule has 0 bridgehead atoms. The van der Waals surface area contributed by atoms with Gasteiger partial charge in [-0.1, -0.05) is 21.6 Å². The van der Waals surface area contributed by atoms with Crippen LogP contribution in [-0.2, 0) is 36.8 Å². The number of ether oxygens (including phenoxy) is 2. The van der Waals surface area contributed by atoms with Gasteiger partial charge in [0.15, 0.2) is 23.7 Å². The number of imidazole rings is 1. The molecular weight excluding hydrogens is 844 g/mol. The zero-order valence-electron chi connectivity index (χ0n) is 27.7. The molecule has 2 aromatic heterocycles. The minimum Gasteiger partial charge on any atom is -0.477 e. The van der Waals surface area contributed by atoms with Gasteiger partial charge in [-0.25, -0.2) is 18.9 Å². The van der Waals surface area contributed by atoms with Gasteiger partial charge in [0, 0.05) is 11.0 Å². The number of hydrogen-bond donors (Lipinski definition) is 11. The summed E-state index contributed by atoms with van der Waals surface area (Å²) in [6, 6.07) is 1.26. The van der Waals surface area contributed by atoms with Gasteiger partial charge in [0.25, 0.3) is 11.2 Å². The Morgan fingerprint density at radius 1 is 1.09 bits per heavy atom. The molecule has 0 saturated carbocycles. The van der Waals surface area contributed by atoms with E-state index in [-0.39, 0.29) is 22.0 Å². The highest BCUT2D eigenvalue weighted by Gasteiger charge is 2.50. The van der Waals surface area contributed by atoms with Crippen LogP contribution in [0.1, 0.15) is 16.6 Å². The Hall–Kier alpha value is -3.61. The first-order valence-electron chi connectivity index (χ1n) is 15.4. The van der Waals surface area contributed by atoms with Gasteiger partial charge >= 0.3 is 21.6 Å². The number of hydrogen-bond acceptors (Lipinski definition) is 22. The molecular formula is C25H31N7O20P2S2. The maximum atomic E-state index is 12.9. The third-order valence-corrected chi connectivity index (χ3v) is 12.7. The summed E-state index contributed by atoms with van der Waals surface area (Å²) in [6.07, 6.45) is -13.6. The number of carboxylic acids is 1. The second kappa shape index (κ2) is 17.5. The van der Waals surface area contributed by atoms with E-state index in [1.165, 1.54) is 6.07 Å². The van der Waals surface area contributed by atoms with Crippen LogP contribution >= 0.6 is 37.2 Å². The number of nitrogen functional groups attached to an aromatic ring is 1. The first-order chi connectivity index (χ1) is 26.2. The van der Waals surface area contributed by atoms with Crippen LogP contribution in [0.5, 0.6) is 0 Å². The van der Waals surface area contributed by atoms with Crippen LogP contribution in [0.3, 0.4) is 0 Å². The number of anilines is 1. The van der Waals surface area contributed by atoms with Crippen molar-refractivity contribution in [1.82, 2.24) is 24.8 Å². The highest BCUT2D eigenvalue weighted by atomic mass is 33.1. The Balaban J connectivity index is 1.20. The summed E-state index contributed by atoms with van der Waals surface area (Å²) < 4.78 is 51.2. The molecule has 1 aromatic carbocycles. The number of phosphoric ester groups is 2. The highest BCUT2D eigenvalue weighted by Crippen LogP contribution is 2.61. The fourth-order valence-corrected chi connectivity index (χ4v) is 9.36. The maximum Gasteiger partial charge on any atom is 0.483 e. The fourth-order valence-electron chi connectivity index (χ4n) is 5.30. The number of carbonyl (C=O) groups excluding carboxylic acids is 1. The molecule has 308 valence electrons. The van der Waals surface area contributed by atoms with E-state index >= 15 is 0 Å². The monoisotopic (exact) mass is 875 g/mol. The molecule has 31 heteroatoms. The third-order valence-electron chi connectivity index (χ3n) is 7.86. The maximum absolute atomic E-state index is 12.9. The Morgan fingerprint density at radius 3 is 2.45 bits per heavy atom. The van der Waals surface area contributed by atoms with Crippen LogP contribution < -0.4 is 16.6 Å². The SMILES string of the molecule is Nc1nc2c(ncn2C2OC(COP(=O)(O)OP(=O)(O)OC3OC(CO)C(O)C(O)C3NC(=O)CSSc3ccc([N+](=O)[O-])c(C(=O)O)c3)C(O)C2O)c(=O)[nH]1. The van der Waals surface area contributed by atoms with Crippen molar-refractivity contribution in [2.24, 2.45) is 0 Å². The molecule has 2 aliphatic heterocycles. The van der Waals surface area contributed by atoms with Gasteiger partial charge < -0.3 is 61.0 Å². The smallest absolute Gasteiger partial charge is 0.477 e. The van der Waals surface area contributed by atoms with E-state index in [1.54, 1.807) is 0 Å². The number of rotatable bonds is 16. The van der Waals surface area contributed by atoms with Crippen molar-refractivity contribution in [3.63, 3.8) is 0 Å². The summed E-state index contributed by atoms with van der Waals surface area (Å²) in [7, 11) is -9.88. The molecule has 56 heavy (non-hydrogen) atoms. The quantitative estimate of drug-likeness (QED) is 0.0308. The number of carbonyl (C=O) groups is 2. The van der Waals surface area contributed by atoms with Gasteiger partial charge in [-0.15, -0.1) is 0 Å². The van der Waals surface area contributed by atoms with Crippen molar-refractivity contribution in [2.75, 3.05) is 24.7 Å². The number of aliphatic hydroxyl groups is 5. The number of nitrogens with zero attached hydrogens (tertiary/aromatic N) is 4. The van der Waals surface area contributed by atoms with Crippen molar-refractivity contribution in [3.05, 3.63) is 50.6 Å². The number of phosphoric acid groups is 2. The molecule has 5 rings (SSSR count). The number of aromatic nitrogens is 4. The summed E-state index contributed by atoms with van der Waals surface area (Å²) >= 11 is 0. The van der Waals surface area contributed by atoms with Crippen LogP contribution in [0, 0.1) is 10.1 Å². The number of aliphatic hydroxyl groups excluding tert-OH is 5. The number of fused-ring (bicyclic) bond motifs is 1. The number of aromatic carboxylic acids is 1. The standard InChI is InChI=1S/C25H31N7O20P2S2/c26-25-29-20-15(21(39)30-25)27-7-31(20)22-19(38)17(36)12(49-22)5-48-53(44,45)52-54(46,47)51-24-14(18(37)16(35)11(4-33)50-24)28-13(34)6-55-56-8-1-2-10(32(42)43)9(3-8)23(40)41/h1-3,7,11-12,14,16-19,22,24,33,35-38H,4-6H2,(H,28,34)(H,40,41)(H,44,45)(H,46,47)(H3,26,29,30,39). The molecule has 11 unspecified atom stereocenters. The second-order valence-electron chi connectivity index (χ2n) is 11.6. The van der Waals surface area contributed by atoms with Gasteiger partial charge in [0.2, 0.25) is 11.9 Å². The average molecular weight is 876 g/mol. The lowest BCUT2D eigenvalue weighted by Gasteiger charge is -2.42. The molecule has 11 atom stereocenters. The van der Waals surface area contributed by atoms with Gasteiger partial charge in [-0.3, -0.25) is 38.3 Å². The molecule has 2 aliphatic rings. The van der Waals surface area contributed by atoms with Gasteiger partial charge in [0.05, 0.1) is 30.2 Å².